The maximum Gasteiger partial charge on any atom is 0.242 e. The number of thioether (sulfide) groups is 1. The number of ether oxygens (including phenoxy) is 2. The zero-order chi connectivity index (χ0) is 23.0. The van der Waals surface area contributed by atoms with Crippen LogP contribution >= 0.6 is 23.1 Å². The number of carbonyl (C=O) groups excluding carboxylic acids is 2. The van der Waals surface area contributed by atoms with Crippen molar-refractivity contribution in [2.45, 2.75) is 36.8 Å². The van der Waals surface area contributed by atoms with Crippen molar-refractivity contribution in [2.24, 2.45) is 5.92 Å². The third-order valence-corrected chi connectivity index (χ3v) is 7.95. The van der Waals surface area contributed by atoms with E-state index < -0.39 is 0 Å². The van der Waals surface area contributed by atoms with E-state index in [1.165, 1.54) is 23.1 Å². The monoisotopic (exact) mass is 490 g/mol. The van der Waals surface area contributed by atoms with E-state index in [4.69, 9.17) is 9.47 Å². The van der Waals surface area contributed by atoms with Crippen molar-refractivity contribution in [2.75, 3.05) is 45.1 Å². The lowest BCUT2D eigenvalue weighted by Gasteiger charge is -2.30. The molecule has 178 valence electrons. The lowest BCUT2D eigenvalue weighted by Crippen LogP contribution is -2.42. The number of hydrogen-bond acceptors (Lipinski definition) is 8. The first-order chi connectivity index (χ1) is 16.1. The minimum Gasteiger partial charge on any atom is -0.381 e. The lowest BCUT2D eigenvalue weighted by atomic mass is 9.99. The van der Waals surface area contributed by atoms with Gasteiger partial charge in [0.2, 0.25) is 11.8 Å². The van der Waals surface area contributed by atoms with E-state index in [-0.39, 0.29) is 30.2 Å². The van der Waals surface area contributed by atoms with E-state index in [0.29, 0.717) is 32.2 Å². The van der Waals surface area contributed by atoms with Gasteiger partial charge in [0.15, 0.2) is 4.34 Å². The molecule has 0 saturated carbocycles. The maximum atomic E-state index is 13.1. The highest BCUT2D eigenvalue weighted by molar-refractivity contribution is 8.01. The Morgan fingerprint density at radius 2 is 2.18 bits per heavy atom. The fraction of sp³-hybridized carbons (Fsp3) is 0.565. The zero-order valence-electron chi connectivity index (χ0n) is 18.9. The summed E-state index contributed by atoms with van der Waals surface area (Å²) in [6.45, 7) is 5.47. The SMILES string of the molecule is Cc1csc(SCC(=O)N2CC(=O)N(CC3CCOCC3)CC(OCc3cccnc3)C2)n1. The van der Waals surface area contributed by atoms with Gasteiger partial charge in [-0.15, -0.1) is 11.3 Å². The fourth-order valence-corrected chi connectivity index (χ4v) is 5.75. The largest absolute Gasteiger partial charge is 0.381 e. The quantitative estimate of drug-likeness (QED) is 0.526. The van der Waals surface area contributed by atoms with Gasteiger partial charge < -0.3 is 19.3 Å². The van der Waals surface area contributed by atoms with E-state index >= 15 is 0 Å². The van der Waals surface area contributed by atoms with Crippen LogP contribution in [0.1, 0.15) is 24.1 Å². The van der Waals surface area contributed by atoms with Gasteiger partial charge in [-0.05, 0) is 37.3 Å². The number of rotatable bonds is 8. The molecule has 8 nitrogen and oxygen atoms in total. The van der Waals surface area contributed by atoms with Crippen LogP contribution in [-0.2, 0) is 25.7 Å². The van der Waals surface area contributed by atoms with Gasteiger partial charge in [-0.3, -0.25) is 14.6 Å². The van der Waals surface area contributed by atoms with Crippen molar-refractivity contribution in [3.8, 4) is 0 Å². The van der Waals surface area contributed by atoms with Gasteiger partial charge in [-0.1, -0.05) is 17.8 Å². The molecule has 1 atom stereocenters. The van der Waals surface area contributed by atoms with Gasteiger partial charge in [0.1, 0.15) is 0 Å². The molecule has 4 rings (SSSR count). The third kappa shape index (κ3) is 7.23. The molecule has 0 radical (unpaired) electrons. The Hall–Kier alpha value is -2.01. The summed E-state index contributed by atoms with van der Waals surface area (Å²) in [6.07, 6.45) is 5.16. The molecule has 2 aromatic heterocycles. The number of thiazole rings is 1. The molecule has 0 bridgehead atoms. The number of aromatic nitrogens is 2. The number of nitrogens with zero attached hydrogens (tertiary/aromatic N) is 4. The topological polar surface area (TPSA) is 84.9 Å². The summed E-state index contributed by atoms with van der Waals surface area (Å²) in [6, 6.07) is 3.84. The molecule has 2 aliphatic rings. The van der Waals surface area contributed by atoms with Crippen molar-refractivity contribution in [1.29, 1.82) is 0 Å². The standard InChI is InChI=1S/C23H30N4O4S2/c1-17-15-32-23(25-17)33-16-22(29)27-12-20(31-14-19-3-2-6-24-9-19)11-26(21(28)13-27)10-18-4-7-30-8-5-18/h2-3,6,9,15,18,20H,4-5,7-8,10-14,16H2,1H3. The molecule has 33 heavy (non-hydrogen) atoms. The van der Waals surface area contributed by atoms with Crippen molar-refractivity contribution in [3.05, 3.63) is 41.2 Å². The van der Waals surface area contributed by atoms with E-state index in [9.17, 15) is 9.59 Å². The number of hydrogen-bond donors (Lipinski definition) is 0. The summed E-state index contributed by atoms with van der Waals surface area (Å²) in [4.78, 5) is 38.2. The van der Waals surface area contributed by atoms with Crippen LogP contribution in [0, 0.1) is 12.8 Å². The molecule has 2 fully saturated rings. The third-order valence-electron chi connectivity index (χ3n) is 5.82. The highest BCUT2D eigenvalue weighted by atomic mass is 32.2. The van der Waals surface area contributed by atoms with Crippen LogP contribution < -0.4 is 0 Å². The second-order valence-electron chi connectivity index (χ2n) is 8.47. The molecule has 2 aromatic rings. The maximum absolute atomic E-state index is 13.1. The number of carbonyl (C=O) groups is 2. The van der Waals surface area contributed by atoms with Gasteiger partial charge in [0.05, 0.1) is 25.0 Å². The molecule has 2 amide bonds. The van der Waals surface area contributed by atoms with Crippen molar-refractivity contribution < 1.29 is 19.1 Å². The van der Waals surface area contributed by atoms with Gasteiger partial charge >= 0.3 is 0 Å². The van der Waals surface area contributed by atoms with Gasteiger partial charge in [-0.25, -0.2) is 4.98 Å². The van der Waals surface area contributed by atoms with Gasteiger partial charge in [0.25, 0.3) is 0 Å². The Bertz CT molecular complexity index is 920. The summed E-state index contributed by atoms with van der Waals surface area (Å²) in [5.74, 6) is 0.601. The van der Waals surface area contributed by atoms with E-state index in [0.717, 1.165) is 41.7 Å². The van der Waals surface area contributed by atoms with Crippen molar-refractivity contribution in [3.63, 3.8) is 0 Å². The summed E-state index contributed by atoms with van der Waals surface area (Å²) in [5.41, 5.74) is 1.92. The molecule has 1 unspecified atom stereocenters. The Morgan fingerprint density at radius 1 is 1.33 bits per heavy atom. The fourth-order valence-electron chi connectivity index (χ4n) is 4.00. The second kappa shape index (κ2) is 11.9. The first-order valence-corrected chi connectivity index (χ1v) is 13.1. The van der Waals surface area contributed by atoms with E-state index in [2.05, 4.69) is 9.97 Å². The van der Waals surface area contributed by atoms with Gasteiger partial charge in [0, 0.05) is 56.3 Å². The molecule has 0 aliphatic carbocycles. The molecule has 4 heterocycles. The predicted octanol–water partition coefficient (Wildman–Crippen LogP) is 2.62. The van der Waals surface area contributed by atoms with Crippen LogP contribution in [0.2, 0.25) is 0 Å². The summed E-state index contributed by atoms with van der Waals surface area (Å²) in [5, 5.41) is 1.97. The van der Waals surface area contributed by atoms with Crippen LogP contribution in [0.15, 0.2) is 34.2 Å². The number of aryl methyl sites for hydroxylation is 1. The second-order valence-corrected chi connectivity index (χ2v) is 10.5. The van der Waals surface area contributed by atoms with Gasteiger partial charge in [-0.2, -0.15) is 0 Å². The minimum atomic E-state index is -0.257. The molecular weight excluding hydrogens is 460 g/mol. The molecular formula is C23H30N4O4S2. The summed E-state index contributed by atoms with van der Waals surface area (Å²) >= 11 is 2.95. The highest BCUT2D eigenvalue weighted by Gasteiger charge is 2.32. The first kappa shape index (κ1) is 24.1. The summed E-state index contributed by atoms with van der Waals surface area (Å²) < 4.78 is 12.5. The Kier molecular flexibility index (Phi) is 8.71. The van der Waals surface area contributed by atoms with Crippen molar-refractivity contribution in [1.82, 2.24) is 19.8 Å². The van der Waals surface area contributed by atoms with Crippen LogP contribution in [0.25, 0.3) is 0 Å². The highest BCUT2D eigenvalue weighted by Crippen LogP contribution is 2.24. The molecule has 2 aliphatic heterocycles. The number of pyridine rings is 1. The van der Waals surface area contributed by atoms with Crippen LogP contribution in [0.4, 0.5) is 0 Å². The summed E-state index contributed by atoms with van der Waals surface area (Å²) in [7, 11) is 0. The normalized spacial score (nSPS) is 20.2. The lowest BCUT2D eigenvalue weighted by molar-refractivity contribution is -0.137. The van der Waals surface area contributed by atoms with E-state index in [1.54, 1.807) is 17.3 Å². The molecule has 0 spiro atoms. The zero-order valence-corrected chi connectivity index (χ0v) is 20.5. The Balaban J connectivity index is 1.41. The van der Waals surface area contributed by atoms with Crippen LogP contribution in [-0.4, -0.2) is 82.8 Å². The Labute approximate surface area is 202 Å². The number of amides is 2. The molecule has 10 heteroatoms. The molecule has 0 N–H and O–H groups in total. The predicted molar refractivity (Wildman–Crippen MR) is 127 cm³/mol. The van der Waals surface area contributed by atoms with Crippen LogP contribution in [0.5, 0.6) is 0 Å². The molecule has 0 aromatic carbocycles. The first-order valence-electron chi connectivity index (χ1n) is 11.3. The minimum absolute atomic E-state index is 0.0163. The Morgan fingerprint density at radius 3 is 2.91 bits per heavy atom. The average molecular weight is 491 g/mol. The smallest absolute Gasteiger partial charge is 0.242 e. The van der Waals surface area contributed by atoms with Crippen LogP contribution in [0.3, 0.4) is 0 Å². The van der Waals surface area contributed by atoms with E-state index in [1.807, 2.05) is 29.3 Å². The van der Waals surface area contributed by atoms with Crippen molar-refractivity contribution >= 4 is 34.9 Å². The molecule has 2 saturated heterocycles. The average Bonchev–Trinajstić information content (AvgIpc) is 3.19.